The number of piperidine rings is 2. The highest BCUT2D eigenvalue weighted by Crippen LogP contribution is 2.58. The molecule has 6 fully saturated rings. The Balaban J connectivity index is 0.790. The molecular weight excluding hydrogens is 973 g/mol. The Labute approximate surface area is 465 Å². The maximum atomic E-state index is 11.6. The van der Waals surface area contributed by atoms with Crippen molar-refractivity contribution in [1.29, 1.82) is 0 Å². The van der Waals surface area contributed by atoms with Gasteiger partial charge in [0, 0.05) is 46.6 Å². The van der Waals surface area contributed by atoms with Crippen LogP contribution in [-0.2, 0) is 38.1 Å². The van der Waals surface area contributed by atoms with E-state index in [2.05, 4.69) is 131 Å². The Hall–Kier alpha value is -2.40. The third-order valence-corrected chi connectivity index (χ3v) is 20.9. The molecule has 6 aliphatic heterocycles. The molecule has 6 heterocycles. The molecule has 0 aromatic heterocycles. The highest BCUT2D eigenvalue weighted by Gasteiger charge is 2.65. The summed E-state index contributed by atoms with van der Waals surface area (Å²) in [7, 11) is 0. The minimum absolute atomic E-state index is 0.0117. The fraction of sp³-hybridized carbons (Fsp3) is 0.812. The molecule has 0 aliphatic carbocycles. The van der Waals surface area contributed by atoms with Crippen molar-refractivity contribution in [3.05, 3.63) is 59.7 Å². The first-order chi connectivity index (χ1) is 36.7. The van der Waals surface area contributed by atoms with Crippen LogP contribution < -0.4 is 9.47 Å². The van der Waals surface area contributed by atoms with Crippen LogP contribution in [0.3, 0.4) is 0 Å². The highest BCUT2D eigenvalue weighted by molar-refractivity contribution is 5.30. The van der Waals surface area contributed by atoms with Crippen LogP contribution in [0.1, 0.15) is 217 Å². The molecular formula is C64H104N2O11. The van der Waals surface area contributed by atoms with Crippen LogP contribution in [0.25, 0.3) is 0 Å². The smallest absolute Gasteiger partial charge is 0.174 e. The van der Waals surface area contributed by atoms with Crippen molar-refractivity contribution in [2.45, 2.75) is 257 Å². The Kier molecular flexibility index (Phi) is 19.4. The number of hydrogen-bond donors (Lipinski definition) is 1. The number of rotatable bonds is 27. The minimum Gasteiger partial charge on any atom is -0.491 e. The first kappa shape index (κ1) is 60.7. The van der Waals surface area contributed by atoms with Gasteiger partial charge in [0.05, 0.1) is 56.8 Å². The molecule has 2 spiro atoms. The highest BCUT2D eigenvalue weighted by atomic mass is 16.7. The first-order valence-corrected chi connectivity index (χ1v) is 30.5. The van der Waals surface area contributed by atoms with Crippen LogP contribution >= 0.6 is 0 Å². The number of aliphatic hydroxyl groups excluding tert-OH is 1. The second kappa shape index (κ2) is 24.6. The van der Waals surface area contributed by atoms with E-state index in [4.69, 9.17) is 47.6 Å². The van der Waals surface area contributed by atoms with Crippen molar-refractivity contribution >= 4 is 0 Å². The zero-order valence-corrected chi connectivity index (χ0v) is 50.3. The predicted molar refractivity (Wildman–Crippen MR) is 301 cm³/mol. The van der Waals surface area contributed by atoms with Crippen LogP contribution in [0.2, 0.25) is 0 Å². The molecule has 8 rings (SSSR count). The summed E-state index contributed by atoms with van der Waals surface area (Å²) in [5.74, 6) is 0.370. The van der Waals surface area contributed by atoms with Crippen molar-refractivity contribution in [1.82, 2.24) is 10.1 Å². The average molecular weight is 1080 g/mol. The van der Waals surface area contributed by atoms with E-state index in [1.807, 2.05) is 24.3 Å². The Bertz CT molecular complexity index is 2150. The number of benzene rings is 2. The van der Waals surface area contributed by atoms with Crippen LogP contribution in [0.5, 0.6) is 11.5 Å². The lowest BCUT2D eigenvalue weighted by atomic mass is 9.66. The second-order valence-electron chi connectivity index (χ2n) is 26.0. The molecule has 1 N–H and O–H groups in total. The van der Waals surface area contributed by atoms with Gasteiger partial charge in [0.2, 0.25) is 0 Å². The van der Waals surface area contributed by atoms with Gasteiger partial charge in [-0.25, -0.2) is 0 Å². The van der Waals surface area contributed by atoms with Gasteiger partial charge in [-0.1, -0.05) is 105 Å². The van der Waals surface area contributed by atoms with E-state index >= 15 is 0 Å². The van der Waals surface area contributed by atoms with E-state index in [-0.39, 0.29) is 69.2 Å². The number of unbranched alkanes of at least 4 members (excludes halogenated alkanes) is 3. The Morgan fingerprint density at radius 3 is 1.30 bits per heavy atom. The summed E-state index contributed by atoms with van der Waals surface area (Å²) < 4.78 is 50.9. The molecule has 0 amide bonds. The molecule has 2 aromatic rings. The van der Waals surface area contributed by atoms with Gasteiger partial charge in [-0.3, -0.25) is 9.68 Å². The van der Waals surface area contributed by atoms with E-state index in [0.717, 1.165) is 119 Å². The van der Waals surface area contributed by atoms with Gasteiger partial charge < -0.3 is 43.0 Å². The third-order valence-electron chi connectivity index (χ3n) is 20.9. The molecule has 13 nitrogen and oxygen atoms in total. The summed E-state index contributed by atoms with van der Waals surface area (Å²) in [6.07, 6.45) is 13.5. The van der Waals surface area contributed by atoms with E-state index in [9.17, 15) is 5.11 Å². The lowest BCUT2D eigenvalue weighted by molar-refractivity contribution is -0.417. The molecule has 77 heavy (non-hydrogen) atoms. The quantitative estimate of drug-likeness (QED) is 0.0675. The van der Waals surface area contributed by atoms with E-state index in [0.29, 0.717) is 52.5 Å². The number of aliphatic hydroxyl groups is 1. The summed E-state index contributed by atoms with van der Waals surface area (Å²) in [6, 6.07) is 16.6. The average Bonchev–Trinajstić information content (AvgIpc) is 4.53. The van der Waals surface area contributed by atoms with Gasteiger partial charge in [-0.05, 0) is 135 Å². The normalized spacial score (nSPS) is 38.6. The number of hydroxylamine groups is 4. The van der Waals surface area contributed by atoms with Crippen molar-refractivity contribution in [3.63, 3.8) is 0 Å². The zero-order chi connectivity index (χ0) is 55.5. The van der Waals surface area contributed by atoms with Gasteiger partial charge in [-0.2, -0.15) is 10.1 Å². The number of nitrogens with zero attached hydrogens (tertiary/aromatic N) is 2. The fourth-order valence-corrected chi connectivity index (χ4v) is 13.6. The lowest BCUT2D eigenvalue weighted by Gasteiger charge is -2.64. The molecule has 11 atom stereocenters. The standard InChI is InChI=1S/C64H104N2O11/c1-15-57(11)40-63(48(9)59(13,17-3)65(57)76-46(7)50-26-30-53(31-27-50)68-36-55-38-70-55)72-42-61(19-5,43-73-63)34-24-22-21-23-25-52(67)35-62(20-6)44-74-64(75-45-62)41-58(12,16-2)66(60(14,18-4)49(64)10)77-47(8)51-28-32-54(33-29-51)69-37-56-39-71-56/h26-33,46-49,52,55-56,67H,15-25,34-45H2,1-14H3. The molecule has 13 heteroatoms. The molecule has 6 saturated heterocycles. The molecule has 436 valence electrons. The van der Waals surface area contributed by atoms with Crippen molar-refractivity contribution in [3.8, 4) is 11.5 Å². The number of hydrogen-bond acceptors (Lipinski definition) is 13. The Morgan fingerprint density at radius 1 is 0.545 bits per heavy atom. The van der Waals surface area contributed by atoms with Crippen LogP contribution in [0.4, 0.5) is 0 Å². The number of ether oxygens (including phenoxy) is 8. The van der Waals surface area contributed by atoms with Crippen molar-refractivity contribution < 1.29 is 52.7 Å². The van der Waals surface area contributed by atoms with Gasteiger partial charge >= 0.3 is 0 Å². The predicted octanol–water partition coefficient (Wildman–Crippen LogP) is 13.7. The number of epoxide rings is 2. The van der Waals surface area contributed by atoms with Crippen LogP contribution in [-0.4, -0.2) is 120 Å². The molecule has 0 radical (unpaired) electrons. The lowest BCUT2D eigenvalue weighted by Crippen LogP contribution is -2.74. The maximum Gasteiger partial charge on any atom is 0.174 e. The molecule has 0 bridgehead atoms. The van der Waals surface area contributed by atoms with Gasteiger partial charge in [0.1, 0.15) is 49.1 Å². The van der Waals surface area contributed by atoms with Crippen LogP contribution in [0, 0.1) is 22.7 Å². The fourth-order valence-electron chi connectivity index (χ4n) is 13.6. The maximum absolute atomic E-state index is 11.6. The van der Waals surface area contributed by atoms with Crippen LogP contribution in [0.15, 0.2) is 48.5 Å². The van der Waals surface area contributed by atoms with Crippen molar-refractivity contribution in [2.24, 2.45) is 22.7 Å². The summed E-state index contributed by atoms with van der Waals surface area (Å²) in [5.41, 5.74) is 0.652. The van der Waals surface area contributed by atoms with Gasteiger partial charge in [0.15, 0.2) is 11.6 Å². The van der Waals surface area contributed by atoms with E-state index in [1.165, 1.54) is 0 Å². The third kappa shape index (κ3) is 13.0. The van der Waals surface area contributed by atoms with Gasteiger partial charge in [-0.15, -0.1) is 0 Å². The summed E-state index contributed by atoms with van der Waals surface area (Å²) >= 11 is 0. The molecule has 11 unspecified atom stereocenters. The topological polar surface area (TPSA) is 126 Å². The zero-order valence-electron chi connectivity index (χ0n) is 50.3. The van der Waals surface area contributed by atoms with Gasteiger partial charge in [0.25, 0.3) is 0 Å². The monoisotopic (exact) mass is 1080 g/mol. The Morgan fingerprint density at radius 2 is 0.935 bits per heavy atom. The van der Waals surface area contributed by atoms with E-state index in [1.54, 1.807) is 0 Å². The summed E-state index contributed by atoms with van der Waals surface area (Å²) in [6.45, 7) is 37.1. The molecule has 0 saturated carbocycles. The summed E-state index contributed by atoms with van der Waals surface area (Å²) in [4.78, 5) is 14.1. The first-order valence-electron chi connectivity index (χ1n) is 30.5. The SMILES string of the molecule is CCC1(CCCCCCC(O)CC2(CC)COC3(CC(C)(CC)N(OC(C)c4ccc(OCC5CO5)cc4)C(C)(CC)C3C)OC2)COC2(CC(C)(CC)N(OC(C)c3ccc(OCC4CO4)cc3)C(C)(CC)C2C)OC1. The molecule has 6 aliphatic rings. The van der Waals surface area contributed by atoms with E-state index < -0.39 is 17.7 Å². The second-order valence-corrected chi connectivity index (χ2v) is 26.0. The molecule has 2 aromatic carbocycles. The van der Waals surface area contributed by atoms with Crippen molar-refractivity contribution in [2.75, 3.05) is 52.9 Å². The summed E-state index contributed by atoms with van der Waals surface area (Å²) in [5, 5.41) is 16.2. The minimum atomic E-state index is -0.746. The largest absolute Gasteiger partial charge is 0.491 e.